The van der Waals surface area contributed by atoms with Crippen molar-refractivity contribution in [3.05, 3.63) is 29.8 Å². The summed E-state index contributed by atoms with van der Waals surface area (Å²) in [7, 11) is 0. The van der Waals surface area contributed by atoms with Gasteiger partial charge in [-0.25, -0.2) is 0 Å². The van der Waals surface area contributed by atoms with Gasteiger partial charge in [-0.15, -0.1) is 11.8 Å². The normalized spacial score (nSPS) is 20.2. The zero-order valence-electron chi connectivity index (χ0n) is 9.73. The number of nitrogens with one attached hydrogen (secondary N) is 1. The van der Waals surface area contributed by atoms with Crippen LogP contribution in [0.25, 0.3) is 0 Å². The Morgan fingerprint density at radius 2 is 2.00 bits per heavy atom. The molecule has 1 heterocycles. The number of amides is 2. The third kappa shape index (κ3) is 3.09. The highest BCUT2D eigenvalue weighted by atomic mass is 32.2. The second-order valence-corrected chi connectivity index (χ2v) is 5.33. The van der Waals surface area contributed by atoms with Crippen molar-refractivity contribution in [2.24, 2.45) is 0 Å². The molecule has 17 heavy (non-hydrogen) atoms. The minimum atomic E-state index is -0.161. The molecule has 1 saturated heterocycles. The third-order valence-corrected chi connectivity index (χ3v) is 4.08. The summed E-state index contributed by atoms with van der Waals surface area (Å²) in [5.41, 5.74) is 1.29. The van der Waals surface area contributed by atoms with Crippen LogP contribution in [0.3, 0.4) is 0 Å². The molecule has 1 aromatic carbocycles. The largest absolute Gasteiger partial charge is 0.295 e. The monoisotopic (exact) mass is 249 g/mol. The minimum absolute atomic E-state index is 0.139. The molecule has 0 saturated carbocycles. The van der Waals surface area contributed by atoms with Gasteiger partial charge in [0.15, 0.2) is 0 Å². The first-order valence-corrected chi connectivity index (χ1v) is 6.66. The topological polar surface area (TPSA) is 46.2 Å². The molecule has 0 bridgehead atoms. The molecule has 4 heteroatoms. The zero-order chi connectivity index (χ0) is 12.3. The summed E-state index contributed by atoms with van der Waals surface area (Å²) in [5.74, 6) is -0.320. The summed E-state index contributed by atoms with van der Waals surface area (Å²) < 4.78 is 0. The van der Waals surface area contributed by atoms with E-state index in [-0.39, 0.29) is 17.1 Å². The Hall–Kier alpha value is -1.29. The highest BCUT2D eigenvalue weighted by Gasteiger charge is 2.27. The van der Waals surface area contributed by atoms with E-state index in [2.05, 4.69) is 24.4 Å². The quantitative estimate of drug-likeness (QED) is 0.835. The molecule has 1 atom stereocenters. The molecule has 3 nitrogen and oxygen atoms in total. The van der Waals surface area contributed by atoms with E-state index >= 15 is 0 Å². The molecule has 0 spiro atoms. The number of hydrogen-bond acceptors (Lipinski definition) is 3. The molecule has 1 N–H and O–H groups in total. The lowest BCUT2D eigenvalue weighted by Crippen LogP contribution is -2.42. The number of piperidine rings is 1. The Morgan fingerprint density at radius 1 is 1.29 bits per heavy atom. The van der Waals surface area contributed by atoms with Crippen LogP contribution in [0.4, 0.5) is 0 Å². The molecule has 2 amide bonds. The number of carbonyl (C=O) groups excluding carboxylic acids is 2. The number of benzene rings is 1. The van der Waals surface area contributed by atoms with Crippen molar-refractivity contribution < 1.29 is 9.59 Å². The van der Waals surface area contributed by atoms with Gasteiger partial charge >= 0.3 is 0 Å². The smallest absolute Gasteiger partial charge is 0.240 e. The highest BCUT2D eigenvalue weighted by Crippen LogP contribution is 2.28. The van der Waals surface area contributed by atoms with Crippen molar-refractivity contribution in [1.82, 2.24) is 5.32 Å². The summed E-state index contributed by atoms with van der Waals surface area (Å²) >= 11 is 1.53. The van der Waals surface area contributed by atoms with Gasteiger partial charge in [-0.2, -0.15) is 0 Å². The van der Waals surface area contributed by atoms with Gasteiger partial charge in [-0.3, -0.25) is 14.9 Å². The van der Waals surface area contributed by atoms with Crippen molar-refractivity contribution >= 4 is 23.6 Å². The zero-order valence-corrected chi connectivity index (χ0v) is 10.5. The fraction of sp³-hybridized carbons (Fsp3) is 0.385. The molecule has 1 aromatic rings. The first-order chi connectivity index (χ1) is 8.19. The van der Waals surface area contributed by atoms with Crippen molar-refractivity contribution in [1.29, 1.82) is 0 Å². The Morgan fingerprint density at radius 3 is 2.59 bits per heavy atom. The maximum Gasteiger partial charge on any atom is 0.240 e. The third-order valence-electron chi connectivity index (χ3n) is 2.80. The van der Waals surface area contributed by atoms with Crippen LogP contribution in [-0.4, -0.2) is 17.1 Å². The van der Waals surface area contributed by atoms with E-state index in [9.17, 15) is 9.59 Å². The average Bonchev–Trinajstić information content (AvgIpc) is 2.34. The van der Waals surface area contributed by atoms with E-state index in [0.29, 0.717) is 12.8 Å². The van der Waals surface area contributed by atoms with E-state index in [1.54, 1.807) is 0 Å². The number of rotatable bonds is 3. The Balaban J connectivity index is 2.00. The lowest BCUT2D eigenvalue weighted by atomic mass is 10.1. The summed E-state index contributed by atoms with van der Waals surface area (Å²) in [6.45, 7) is 2.11. The van der Waals surface area contributed by atoms with Gasteiger partial charge in [0.05, 0.1) is 5.25 Å². The van der Waals surface area contributed by atoms with Crippen LogP contribution in [0.5, 0.6) is 0 Å². The fourth-order valence-electron chi connectivity index (χ4n) is 1.75. The Kier molecular flexibility index (Phi) is 3.84. The molecule has 1 unspecified atom stereocenters. The summed E-state index contributed by atoms with van der Waals surface area (Å²) in [6.07, 6.45) is 2.09. The number of hydrogen-bond donors (Lipinski definition) is 1. The van der Waals surface area contributed by atoms with Crippen molar-refractivity contribution in [2.75, 3.05) is 0 Å². The number of carbonyl (C=O) groups is 2. The van der Waals surface area contributed by atoms with Crippen LogP contribution < -0.4 is 5.32 Å². The van der Waals surface area contributed by atoms with Crippen LogP contribution in [0.15, 0.2) is 29.2 Å². The van der Waals surface area contributed by atoms with Gasteiger partial charge in [-0.05, 0) is 30.5 Å². The highest BCUT2D eigenvalue weighted by molar-refractivity contribution is 8.00. The lowest BCUT2D eigenvalue weighted by molar-refractivity contribution is -0.132. The summed E-state index contributed by atoms with van der Waals surface area (Å²) in [4.78, 5) is 23.7. The van der Waals surface area contributed by atoms with Crippen LogP contribution in [0.2, 0.25) is 0 Å². The number of aryl methyl sites for hydroxylation is 1. The van der Waals surface area contributed by atoms with Crippen molar-refractivity contribution in [2.45, 2.75) is 36.3 Å². The van der Waals surface area contributed by atoms with Gasteiger partial charge in [0.2, 0.25) is 11.8 Å². The van der Waals surface area contributed by atoms with Crippen LogP contribution in [-0.2, 0) is 16.0 Å². The molecule has 1 fully saturated rings. The lowest BCUT2D eigenvalue weighted by Gasteiger charge is -2.20. The Bertz CT molecular complexity index is 428. The molecular formula is C13H15NO2S. The standard InChI is InChI=1S/C13H15NO2S/c1-2-9-3-5-10(6-4-9)17-11-7-8-12(15)14-13(11)16/h3-6,11H,2,7-8H2,1H3,(H,14,15,16). The number of imide groups is 1. The van der Waals surface area contributed by atoms with Gasteiger partial charge in [0.1, 0.15) is 0 Å². The van der Waals surface area contributed by atoms with E-state index in [0.717, 1.165) is 11.3 Å². The molecular weight excluding hydrogens is 234 g/mol. The van der Waals surface area contributed by atoms with E-state index in [4.69, 9.17) is 0 Å². The molecule has 2 rings (SSSR count). The van der Waals surface area contributed by atoms with Crippen LogP contribution >= 0.6 is 11.8 Å². The summed E-state index contributed by atoms with van der Waals surface area (Å²) in [5, 5.41) is 2.23. The summed E-state index contributed by atoms with van der Waals surface area (Å²) in [6, 6.07) is 8.23. The molecule has 1 aliphatic rings. The molecule has 0 radical (unpaired) electrons. The maximum atomic E-state index is 11.6. The van der Waals surface area contributed by atoms with E-state index in [1.807, 2.05) is 12.1 Å². The molecule has 0 aliphatic carbocycles. The van der Waals surface area contributed by atoms with E-state index in [1.165, 1.54) is 17.3 Å². The maximum absolute atomic E-state index is 11.6. The second-order valence-electron chi connectivity index (χ2n) is 4.06. The van der Waals surface area contributed by atoms with Crippen LogP contribution in [0.1, 0.15) is 25.3 Å². The first-order valence-electron chi connectivity index (χ1n) is 5.78. The molecule has 90 valence electrons. The fourth-order valence-corrected chi connectivity index (χ4v) is 2.78. The molecule has 0 aromatic heterocycles. The van der Waals surface area contributed by atoms with Gasteiger partial charge in [0.25, 0.3) is 0 Å². The first kappa shape index (κ1) is 12.2. The number of thioether (sulfide) groups is 1. The van der Waals surface area contributed by atoms with E-state index < -0.39 is 0 Å². The van der Waals surface area contributed by atoms with Gasteiger partial charge < -0.3 is 0 Å². The predicted molar refractivity (Wildman–Crippen MR) is 67.8 cm³/mol. The Labute approximate surface area is 105 Å². The SMILES string of the molecule is CCc1ccc(SC2CCC(=O)NC2=O)cc1. The van der Waals surface area contributed by atoms with Crippen molar-refractivity contribution in [3.8, 4) is 0 Å². The predicted octanol–water partition coefficient (Wildman–Crippen LogP) is 2.15. The van der Waals surface area contributed by atoms with Crippen LogP contribution in [0, 0.1) is 0 Å². The average molecular weight is 249 g/mol. The van der Waals surface area contributed by atoms with Crippen molar-refractivity contribution in [3.63, 3.8) is 0 Å². The second kappa shape index (κ2) is 5.36. The minimum Gasteiger partial charge on any atom is -0.295 e. The van der Waals surface area contributed by atoms with Gasteiger partial charge in [0, 0.05) is 11.3 Å². The molecule has 1 aliphatic heterocycles. The van der Waals surface area contributed by atoms with Gasteiger partial charge in [-0.1, -0.05) is 19.1 Å².